The summed E-state index contributed by atoms with van der Waals surface area (Å²) in [6.45, 7) is 6.06. The number of pyridine rings is 1. The molecular weight excluding hydrogens is 418 g/mol. The number of nitrogens with zero attached hydrogens (tertiary/aromatic N) is 2. The monoisotopic (exact) mass is 446 g/mol. The maximum atomic E-state index is 10.6. The summed E-state index contributed by atoms with van der Waals surface area (Å²) in [5.74, 6) is 0.498. The van der Waals surface area contributed by atoms with Crippen LogP contribution in [0.3, 0.4) is 0 Å². The number of morpholine rings is 1. The summed E-state index contributed by atoms with van der Waals surface area (Å²) in [5.41, 5.74) is 5.43. The van der Waals surface area contributed by atoms with Crippen molar-refractivity contribution in [3.05, 3.63) is 71.8 Å². The molecule has 0 radical (unpaired) electrons. The maximum absolute atomic E-state index is 10.6. The van der Waals surface area contributed by atoms with Crippen LogP contribution in [0.1, 0.15) is 11.1 Å². The van der Waals surface area contributed by atoms with Crippen LogP contribution in [0.2, 0.25) is 0 Å². The zero-order chi connectivity index (χ0) is 22.3. The van der Waals surface area contributed by atoms with E-state index in [4.69, 9.17) is 9.72 Å². The molecule has 1 aromatic heterocycles. The van der Waals surface area contributed by atoms with Crippen LogP contribution in [0, 0.1) is 18.3 Å². The lowest BCUT2D eigenvalue weighted by Crippen LogP contribution is -3.15. The molecule has 0 bridgehead atoms. The molecule has 1 aliphatic rings. The number of aliphatic hydroxyl groups is 1. The van der Waals surface area contributed by atoms with E-state index in [2.05, 4.69) is 25.1 Å². The number of aryl methyl sites for hydroxylation is 1. The molecule has 0 unspecified atom stereocenters. The molecule has 5 nitrogen and oxygen atoms in total. The van der Waals surface area contributed by atoms with Crippen LogP contribution < -0.4 is 4.90 Å². The van der Waals surface area contributed by atoms with E-state index in [1.165, 1.54) is 22.2 Å². The molecule has 6 heteroatoms. The summed E-state index contributed by atoms with van der Waals surface area (Å²) in [6.07, 6.45) is -0.468. The van der Waals surface area contributed by atoms with E-state index in [9.17, 15) is 10.4 Å². The van der Waals surface area contributed by atoms with Crippen molar-refractivity contribution >= 4 is 11.8 Å². The van der Waals surface area contributed by atoms with Gasteiger partial charge in [-0.1, -0.05) is 60.2 Å². The van der Waals surface area contributed by atoms with Gasteiger partial charge < -0.3 is 14.7 Å². The van der Waals surface area contributed by atoms with Crippen LogP contribution in [0.5, 0.6) is 0 Å². The van der Waals surface area contributed by atoms with Gasteiger partial charge in [-0.25, -0.2) is 4.98 Å². The summed E-state index contributed by atoms with van der Waals surface area (Å²) < 4.78 is 5.40. The van der Waals surface area contributed by atoms with Gasteiger partial charge in [-0.2, -0.15) is 5.26 Å². The first-order valence-electron chi connectivity index (χ1n) is 10.9. The van der Waals surface area contributed by atoms with Crippen molar-refractivity contribution in [2.24, 2.45) is 0 Å². The fraction of sp³-hybridized carbons (Fsp3) is 0.308. The molecule has 0 amide bonds. The first-order chi connectivity index (χ1) is 15.6. The van der Waals surface area contributed by atoms with Crippen molar-refractivity contribution < 1.29 is 14.7 Å². The molecule has 2 aromatic carbocycles. The van der Waals surface area contributed by atoms with E-state index in [0.29, 0.717) is 22.9 Å². The highest BCUT2D eigenvalue weighted by molar-refractivity contribution is 7.99. The number of hydrogen-bond donors (Lipinski definition) is 2. The molecular formula is C26H28N3O2S+. The van der Waals surface area contributed by atoms with Gasteiger partial charge in [0.05, 0.1) is 24.5 Å². The molecule has 0 spiro atoms. The van der Waals surface area contributed by atoms with Crippen molar-refractivity contribution in [1.29, 1.82) is 5.26 Å². The number of nitrogens with one attached hydrogen (secondary N) is 1. The Morgan fingerprint density at radius 3 is 2.50 bits per heavy atom. The van der Waals surface area contributed by atoms with Crippen molar-refractivity contribution in [1.82, 2.24) is 4.98 Å². The van der Waals surface area contributed by atoms with Crippen LogP contribution in [0.15, 0.2) is 65.7 Å². The SMILES string of the molecule is Cc1ccc(-c2cc(-c3ccccc3)nc(SC[C@H](O)C[NH+]3CCOCC3)c2C#N)cc1. The highest BCUT2D eigenvalue weighted by atomic mass is 32.2. The minimum absolute atomic E-state index is 0.468. The first kappa shape index (κ1) is 22.5. The lowest BCUT2D eigenvalue weighted by Gasteiger charge is -2.25. The molecule has 32 heavy (non-hydrogen) atoms. The van der Waals surface area contributed by atoms with E-state index < -0.39 is 6.10 Å². The van der Waals surface area contributed by atoms with Gasteiger partial charge >= 0.3 is 0 Å². The number of aromatic nitrogens is 1. The minimum atomic E-state index is -0.468. The molecule has 1 fully saturated rings. The van der Waals surface area contributed by atoms with Gasteiger partial charge in [0.25, 0.3) is 0 Å². The maximum Gasteiger partial charge on any atom is 0.115 e. The topological polar surface area (TPSA) is 70.6 Å². The van der Waals surface area contributed by atoms with Gasteiger partial charge in [0, 0.05) is 16.9 Å². The molecule has 1 atom stereocenters. The normalized spacial score (nSPS) is 15.3. The van der Waals surface area contributed by atoms with Crippen LogP contribution in [0.25, 0.3) is 22.4 Å². The summed E-state index contributed by atoms with van der Waals surface area (Å²) in [4.78, 5) is 6.20. The van der Waals surface area contributed by atoms with E-state index in [0.717, 1.165) is 48.7 Å². The molecule has 4 rings (SSSR count). The molecule has 0 aliphatic carbocycles. The standard InChI is InChI=1S/C26H27N3O2S/c1-19-7-9-20(10-8-19)23-15-25(21-5-3-2-4-6-21)28-26(24(23)16-27)32-18-22(30)17-29-11-13-31-14-12-29/h2-10,15,22,30H,11-14,17-18H2,1H3/p+1/t22-/m1/s1. The lowest BCUT2D eigenvalue weighted by molar-refractivity contribution is -0.910. The van der Waals surface area contributed by atoms with Gasteiger partial charge in [0.1, 0.15) is 36.8 Å². The molecule has 3 aromatic rings. The van der Waals surface area contributed by atoms with E-state index >= 15 is 0 Å². The Kier molecular flexibility index (Phi) is 7.56. The van der Waals surface area contributed by atoms with Gasteiger partial charge in [-0.05, 0) is 18.6 Å². The van der Waals surface area contributed by atoms with E-state index in [1.54, 1.807) is 0 Å². The number of quaternary nitrogens is 1. The van der Waals surface area contributed by atoms with Gasteiger partial charge in [0.15, 0.2) is 0 Å². The Balaban J connectivity index is 1.64. The first-order valence-corrected chi connectivity index (χ1v) is 11.9. The zero-order valence-corrected chi connectivity index (χ0v) is 19.1. The predicted octanol–water partition coefficient (Wildman–Crippen LogP) is 2.96. The predicted molar refractivity (Wildman–Crippen MR) is 128 cm³/mol. The molecule has 2 heterocycles. The van der Waals surface area contributed by atoms with E-state index in [-0.39, 0.29) is 0 Å². The molecule has 1 saturated heterocycles. The fourth-order valence-corrected chi connectivity index (χ4v) is 4.81. The van der Waals surface area contributed by atoms with Crippen LogP contribution in [0.4, 0.5) is 0 Å². The van der Waals surface area contributed by atoms with Crippen molar-refractivity contribution in [2.75, 3.05) is 38.6 Å². The third-order valence-electron chi connectivity index (χ3n) is 5.67. The van der Waals surface area contributed by atoms with Crippen molar-refractivity contribution in [3.63, 3.8) is 0 Å². The van der Waals surface area contributed by atoms with Crippen molar-refractivity contribution in [3.8, 4) is 28.5 Å². The Labute approximate surface area is 193 Å². The fourth-order valence-electron chi connectivity index (χ4n) is 3.88. The molecule has 164 valence electrons. The van der Waals surface area contributed by atoms with Gasteiger partial charge in [0.2, 0.25) is 0 Å². The number of nitriles is 1. The quantitative estimate of drug-likeness (QED) is 0.546. The molecule has 1 aliphatic heterocycles. The summed E-state index contributed by atoms with van der Waals surface area (Å²) in [7, 11) is 0. The molecule has 2 N–H and O–H groups in total. The Morgan fingerprint density at radius 2 is 1.81 bits per heavy atom. The van der Waals surface area contributed by atoms with Crippen LogP contribution >= 0.6 is 11.8 Å². The van der Waals surface area contributed by atoms with Crippen LogP contribution in [-0.2, 0) is 4.74 Å². The smallest absolute Gasteiger partial charge is 0.115 e. The third-order valence-corrected chi connectivity index (χ3v) is 6.79. The van der Waals surface area contributed by atoms with E-state index in [1.807, 2.05) is 48.5 Å². The number of thioether (sulfide) groups is 1. The summed E-state index contributed by atoms with van der Waals surface area (Å²) in [5, 5.41) is 21.3. The average Bonchev–Trinajstić information content (AvgIpc) is 2.84. The average molecular weight is 447 g/mol. The second-order valence-corrected chi connectivity index (χ2v) is 9.12. The highest BCUT2D eigenvalue weighted by Gasteiger charge is 2.21. The van der Waals surface area contributed by atoms with Gasteiger partial charge in [-0.3, -0.25) is 0 Å². The number of hydrogen-bond acceptors (Lipinski definition) is 5. The summed E-state index contributed by atoms with van der Waals surface area (Å²) >= 11 is 1.46. The number of rotatable bonds is 7. The second-order valence-electron chi connectivity index (χ2n) is 8.11. The third kappa shape index (κ3) is 5.56. The largest absolute Gasteiger partial charge is 0.386 e. The Morgan fingerprint density at radius 1 is 1.09 bits per heavy atom. The Hall–Kier alpha value is -2.69. The number of benzene rings is 2. The Bertz CT molecular complexity index is 1070. The van der Waals surface area contributed by atoms with Crippen molar-refractivity contribution in [2.45, 2.75) is 18.1 Å². The number of aliphatic hydroxyl groups excluding tert-OH is 1. The lowest BCUT2D eigenvalue weighted by atomic mass is 9.98. The minimum Gasteiger partial charge on any atom is -0.386 e. The van der Waals surface area contributed by atoms with Gasteiger partial charge in [-0.15, -0.1) is 11.8 Å². The summed E-state index contributed by atoms with van der Waals surface area (Å²) in [6, 6.07) is 22.6. The highest BCUT2D eigenvalue weighted by Crippen LogP contribution is 2.34. The number of ether oxygens (including phenoxy) is 1. The zero-order valence-electron chi connectivity index (χ0n) is 18.3. The second kappa shape index (κ2) is 10.8. The molecule has 0 saturated carbocycles. The van der Waals surface area contributed by atoms with Crippen LogP contribution in [-0.4, -0.2) is 54.8 Å².